The highest BCUT2D eigenvalue weighted by Crippen LogP contribution is 2.26. The van der Waals surface area contributed by atoms with Gasteiger partial charge in [-0.25, -0.2) is 4.99 Å². The molecule has 0 bridgehead atoms. The predicted molar refractivity (Wildman–Crippen MR) is 68.5 cm³/mol. The molecule has 1 saturated heterocycles. The summed E-state index contributed by atoms with van der Waals surface area (Å²) >= 11 is 0. The highest BCUT2D eigenvalue weighted by atomic mass is 32.3. The zero-order valence-electron chi connectivity index (χ0n) is 10.7. The summed E-state index contributed by atoms with van der Waals surface area (Å²) in [7, 11) is -5.17. The van der Waals surface area contributed by atoms with E-state index < -0.39 is 10.4 Å². The van der Waals surface area contributed by atoms with Crippen LogP contribution in [0.5, 0.6) is 0 Å². The van der Waals surface area contributed by atoms with E-state index in [1.54, 1.807) is 0 Å². The number of nitrogens with zero attached hydrogens (tertiary/aromatic N) is 2. The second-order valence-corrected chi connectivity index (χ2v) is 5.68. The van der Waals surface area contributed by atoms with Crippen LogP contribution in [-0.4, -0.2) is 53.6 Å². The lowest BCUT2D eigenvalue weighted by atomic mass is 9.91. The molecule has 9 heteroatoms. The average molecular weight is 292 g/mol. The standard InChI is InChI=1S/C10H20N4.H2O4S/c11-10(12)13-8-6-14(7-8)9-4-2-1-3-5-9;1-5(2,3)4/h8-9H,1-7H2,(H4,11,12,13);(H2,1,2,3,4)/p-2. The van der Waals surface area contributed by atoms with Crippen molar-refractivity contribution in [2.75, 3.05) is 13.1 Å². The Balaban J connectivity index is 0.000000312. The first-order valence-corrected chi connectivity index (χ1v) is 7.58. The molecule has 0 spiro atoms. The van der Waals surface area contributed by atoms with Gasteiger partial charge < -0.3 is 20.6 Å². The van der Waals surface area contributed by atoms with Crippen molar-refractivity contribution < 1.29 is 17.5 Å². The Kier molecular flexibility index (Phi) is 5.98. The topological polar surface area (TPSA) is 148 Å². The first kappa shape index (κ1) is 16.2. The van der Waals surface area contributed by atoms with Gasteiger partial charge in [-0.1, -0.05) is 19.3 Å². The highest BCUT2D eigenvalue weighted by molar-refractivity contribution is 7.79. The van der Waals surface area contributed by atoms with Gasteiger partial charge in [0.2, 0.25) is 0 Å². The summed E-state index contributed by atoms with van der Waals surface area (Å²) in [5, 5.41) is 0. The third-order valence-corrected chi connectivity index (χ3v) is 3.31. The number of hydrogen-bond donors (Lipinski definition) is 2. The van der Waals surface area contributed by atoms with E-state index in [0.717, 1.165) is 19.1 Å². The molecule has 1 saturated carbocycles. The zero-order chi connectivity index (χ0) is 14.5. The molecule has 1 aliphatic carbocycles. The van der Waals surface area contributed by atoms with Crippen molar-refractivity contribution in [3.63, 3.8) is 0 Å². The molecule has 1 aliphatic heterocycles. The third kappa shape index (κ3) is 7.31. The van der Waals surface area contributed by atoms with Crippen molar-refractivity contribution in [3.05, 3.63) is 0 Å². The van der Waals surface area contributed by atoms with Crippen molar-refractivity contribution in [1.82, 2.24) is 4.90 Å². The van der Waals surface area contributed by atoms with Crippen LogP contribution in [0.25, 0.3) is 0 Å². The van der Waals surface area contributed by atoms with Gasteiger partial charge in [0.15, 0.2) is 5.96 Å². The van der Waals surface area contributed by atoms with Gasteiger partial charge in [-0.15, -0.1) is 0 Å². The Morgan fingerprint density at radius 1 is 1.11 bits per heavy atom. The number of aliphatic imine (C=N–C) groups is 1. The molecule has 1 heterocycles. The molecule has 0 aromatic rings. The van der Waals surface area contributed by atoms with Crippen LogP contribution < -0.4 is 11.5 Å². The smallest absolute Gasteiger partial charge is 0.186 e. The second-order valence-electron chi connectivity index (χ2n) is 4.86. The van der Waals surface area contributed by atoms with Crippen molar-refractivity contribution in [2.24, 2.45) is 16.5 Å². The summed E-state index contributed by atoms with van der Waals surface area (Å²) in [6.07, 6.45) is 6.95. The minimum absolute atomic E-state index is 0.235. The summed E-state index contributed by atoms with van der Waals surface area (Å²) in [5.41, 5.74) is 10.7. The first-order chi connectivity index (χ1) is 8.75. The maximum atomic E-state index is 8.52. The minimum Gasteiger partial charge on any atom is -0.759 e. The van der Waals surface area contributed by atoms with Gasteiger partial charge in [0, 0.05) is 29.5 Å². The lowest BCUT2D eigenvalue weighted by molar-refractivity contribution is 0.0724. The third-order valence-electron chi connectivity index (χ3n) is 3.31. The van der Waals surface area contributed by atoms with E-state index in [9.17, 15) is 0 Å². The molecule has 8 nitrogen and oxygen atoms in total. The molecule has 0 radical (unpaired) electrons. The largest absolute Gasteiger partial charge is 0.759 e. The van der Waals surface area contributed by atoms with Crippen LogP contribution in [0.2, 0.25) is 0 Å². The van der Waals surface area contributed by atoms with Gasteiger partial charge >= 0.3 is 0 Å². The fourth-order valence-corrected chi connectivity index (χ4v) is 2.52. The lowest BCUT2D eigenvalue weighted by Gasteiger charge is -2.44. The van der Waals surface area contributed by atoms with E-state index in [4.69, 9.17) is 29.0 Å². The SMILES string of the molecule is NC(N)=NC1CN(C2CCCCC2)C1.O=S(=O)([O-])[O-]. The van der Waals surface area contributed by atoms with E-state index in [2.05, 4.69) is 9.89 Å². The van der Waals surface area contributed by atoms with Gasteiger partial charge in [0.05, 0.1) is 6.04 Å². The molecule has 19 heavy (non-hydrogen) atoms. The number of rotatable bonds is 2. The molecular weight excluding hydrogens is 272 g/mol. The van der Waals surface area contributed by atoms with E-state index in [1.165, 1.54) is 32.1 Å². The Morgan fingerprint density at radius 2 is 1.58 bits per heavy atom. The summed E-state index contributed by atoms with van der Waals surface area (Å²) in [4.78, 5) is 6.68. The van der Waals surface area contributed by atoms with Crippen LogP contribution in [0.1, 0.15) is 32.1 Å². The van der Waals surface area contributed by atoms with Crippen LogP contribution in [0, 0.1) is 0 Å². The molecule has 2 aliphatic rings. The van der Waals surface area contributed by atoms with Crippen LogP contribution in [0.15, 0.2) is 4.99 Å². The van der Waals surface area contributed by atoms with Gasteiger partial charge in [-0.2, -0.15) is 0 Å². The van der Waals surface area contributed by atoms with Crippen molar-refractivity contribution in [3.8, 4) is 0 Å². The molecular formula is C10H20N4O4S-2. The summed E-state index contributed by atoms with van der Waals surface area (Å²) in [5.74, 6) is 0.235. The minimum atomic E-state index is -5.17. The second kappa shape index (κ2) is 7.04. The Morgan fingerprint density at radius 3 is 2.00 bits per heavy atom. The molecule has 2 rings (SSSR count). The van der Waals surface area contributed by atoms with E-state index in [0.29, 0.717) is 6.04 Å². The average Bonchev–Trinajstić information content (AvgIpc) is 2.21. The fraction of sp³-hybridized carbons (Fsp3) is 0.900. The predicted octanol–water partition coefficient (Wildman–Crippen LogP) is -1.06. The molecule has 4 N–H and O–H groups in total. The quantitative estimate of drug-likeness (QED) is 0.285. The van der Waals surface area contributed by atoms with Crippen molar-refractivity contribution in [1.29, 1.82) is 0 Å². The molecule has 112 valence electrons. The van der Waals surface area contributed by atoms with Crippen LogP contribution in [0.4, 0.5) is 0 Å². The number of likely N-dealkylation sites (tertiary alicyclic amines) is 1. The zero-order valence-corrected chi connectivity index (χ0v) is 11.5. The fourth-order valence-electron chi connectivity index (χ4n) is 2.52. The first-order valence-electron chi connectivity index (χ1n) is 6.25. The van der Waals surface area contributed by atoms with Gasteiger partial charge in [0.25, 0.3) is 0 Å². The summed E-state index contributed by atoms with van der Waals surface area (Å²) in [6, 6.07) is 1.18. The van der Waals surface area contributed by atoms with E-state index in [1.807, 2.05) is 0 Å². The van der Waals surface area contributed by atoms with Crippen LogP contribution in [0.3, 0.4) is 0 Å². The van der Waals surface area contributed by atoms with E-state index >= 15 is 0 Å². The number of guanidine groups is 1. The number of hydrogen-bond acceptors (Lipinski definition) is 6. The molecule has 0 amide bonds. The van der Waals surface area contributed by atoms with Gasteiger partial charge in [0.1, 0.15) is 0 Å². The molecule has 2 fully saturated rings. The van der Waals surface area contributed by atoms with Crippen molar-refractivity contribution in [2.45, 2.75) is 44.2 Å². The maximum Gasteiger partial charge on any atom is 0.186 e. The highest BCUT2D eigenvalue weighted by Gasteiger charge is 2.32. The summed E-state index contributed by atoms with van der Waals surface area (Å²) in [6.45, 7) is 2.12. The molecule has 0 atom stereocenters. The molecule has 0 aromatic carbocycles. The van der Waals surface area contributed by atoms with Crippen molar-refractivity contribution >= 4 is 16.4 Å². The number of nitrogens with two attached hydrogens (primary N) is 2. The molecule has 0 unspecified atom stereocenters. The van der Waals surface area contributed by atoms with Crippen LogP contribution >= 0.6 is 0 Å². The van der Waals surface area contributed by atoms with Gasteiger partial charge in [-0.05, 0) is 12.8 Å². The summed E-state index contributed by atoms with van der Waals surface area (Å²) < 4.78 is 34.1. The normalized spacial score (nSPS) is 22.0. The van der Waals surface area contributed by atoms with Crippen LogP contribution in [-0.2, 0) is 10.4 Å². The Bertz CT molecular complexity index is 388. The lowest BCUT2D eigenvalue weighted by Crippen LogP contribution is -2.55. The Hall–Kier alpha value is -0.900. The van der Waals surface area contributed by atoms with Gasteiger partial charge in [-0.3, -0.25) is 13.3 Å². The molecule has 0 aromatic heterocycles. The monoisotopic (exact) mass is 292 g/mol. The maximum absolute atomic E-state index is 8.52. The Labute approximate surface area is 113 Å². The van der Waals surface area contributed by atoms with E-state index in [-0.39, 0.29) is 5.96 Å².